The quantitative estimate of drug-likeness (QED) is 0.554. The van der Waals surface area contributed by atoms with Crippen molar-refractivity contribution in [3.05, 3.63) is 11.4 Å². The number of nitrogens with zero attached hydrogens (tertiary/aromatic N) is 6. The van der Waals surface area contributed by atoms with Gasteiger partial charge in [-0.2, -0.15) is 10.5 Å². The molecule has 3 unspecified atom stereocenters. The van der Waals surface area contributed by atoms with Gasteiger partial charge in [-0.3, -0.25) is 0 Å². The first-order valence-electron chi connectivity index (χ1n) is 12.5. The van der Waals surface area contributed by atoms with E-state index in [1.54, 1.807) is 0 Å². The van der Waals surface area contributed by atoms with Crippen molar-refractivity contribution in [1.82, 2.24) is 19.6 Å². The van der Waals surface area contributed by atoms with Crippen LogP contribution in [0.5, 0.6) is 0 Å². The number of nitriles is 2. The molecular weight excluding hydrogens is 384 g/mol. The molecule has 3 fully saturated rings. The van der Waals surface area contributed by atoms with Crippen LogP contribution in [-0.4, -0.2) is 84.5 Å². The van der Waals surface area contributed by atoms with Crippen LogP contribution in [0.1, 0.15) is 59.3 Å². The molecule has 0 amide bonds. The highest BCUT2D eigenvalue weighted by molar-refractivity contribution is 5.40. The molecule has 0 spiro atoms. The SMILES string of the molecule is CC1CC(C)CN(CCCN2CCN(CCCN3CCCCC3C)C2=C(C#N)C#N)C1. The molecule has 0 saturated carbocycles. The average Bonchev–Trinajstić information content (AvgIpc) is 3.12. The predicted octanol–water partition coefficient (Wildman–Crippen LogP) is 3.50. The minimum atomic E-state index is 0.282. The lowest BCUT2D eigenvalue weighted by Gasteiger charge is -2.35. The third-order valence-corrected chi connectivity index (χ3v) is 7.35. The molecule has 6 heteroatoms. The number of rotatable bonds is 8. The molecule has 0 aromatic heterocycles. The average molecular weight is 427 g/mol. The molecule has 172 valence electrons. The van der Waals surface area contributed by atoms with Crippen LogP contribution in [0.3, 0.4) is 0 Å². The molecule has 0 radical (unpaired) electrons. The fourth-order valence-corrected chi connectivity index (χ4v) is 5.94. The molecule has 3 rings (SSSR count). The summed E-state index contributed by atoms with van der Waals surface area (Å²) in [5.41, 5.74) is 0.282. The maximum absolute atomic E-state index is 9.57. The van der Waals surface area contributed by atoms with Crippen molar-refractivity contribution in [3.8, 4) is 12.1 Å². The summed E-state index contributed by atoms with van der Waals surface area (Å²) in [5.74, 6) is 2.46. The molecule has 0 bridgehead atoms. The van der Waals surface area contributed by atoms with Crippen molar-refractivity contribution in [1.29, 1.82) is 10.5 Å². The van der Waals surface area contributed by atoms with E-state index in [1.807, 2.05) is 0 Å². The second-order valence-corrected chi connectivity index (χ2v) is 10.2. The summed E-state index contributed by atoms with van der Waals surface area (Å²) >= 11 is 0. The van der Waals surface area contributed by atoms with Crippen LogP contribution >= 0.6 is 0 Å². The lowest BCUT2D eigenvalue weighted by molar-refractivity contribution is 0.136. The zero-order valence-corrected chi connectivity index (χ0v) is 20.0. The smallest absolute Gasteiger partial charge is 0.169 e. The first-order chi connectivity index (χ1) is 15.0. The Hall–Kier alpha value is -1.76. The van der Waals surface area contributed by atoms with Crippen LogP contribution in [-0.2, 0) is 0 Å². The minimum Gasteiger partial charge on any atom is -0.355 e. The lowest BCUT2D eigenvalue weighted by Crippen LogP contribution is -2.40. The van der Waals surface area contributed by atoms with Gasteiger partial charge in [0.25, 0.3) is 0 Å². The van der Waals surface area contributed by atoms with E-state index in [9.17, 15) is 10.5 Å². The molecule has 3 saturated heterocycles. The van der Waals surface area contributed by atoms with Crippen LogP contribution in [0.4, 0.5) is 0 Å². The fourth-order valence-electron chi connectivity index (χ4n) is 5.94. The summed E-state index contributed by atoms with van der Waals surface area (Å²) in [6, 6.07) is 5.02. The van der Waals surface area contributed by atoms with Crippen LogP contribution < -0.4 is 0 Å². The number of hydrogen-bond acceptors (Lipinski definition) is 6. The maximum Gasteiger partial charge on any atom is 0.169 e. The second-order valence-electron chi connectivity index (χ2n) is 10.2. The van der Waals surface area contributed by atoms with Gasteiger partial charge in [0.2, 0.25) is 0 Å². The van der Waals surface area contributed by atoms with E-state index in [2.05, 4.69) is 52.5 Å². The van der Waals surface area contributed by atoms with E-state index in [4.69, 9.17) is 0 Å². The Labute approximate surface area is 190 Å². The van der Waals surface area contributed by atoms with Gasteiger partial charge in [0, 0.05) is 51.9 Å². The van der Waals surface area contributed by atoms with Crippen molar-refractivity contribution in [3.63, 3.8) is 0 Å². The van der Waals surface area contributed by atoms with E-state index < -0.39 is 0 Å². The Kier molecular flexibility index (Phi) is 9.05. The van der Waals surface area contributed by atoms with Gasteiger partial charge in [0.1, 0.15) is 18.0 Å². The van der Waals surface area contributed by atoms with E-state index >= 15 is 0 Å². The van der Waals surface area contributed by atoms with Gasteiger partial charge in [0.05, 0.1) is 0 Å². The number of piperidine rings is 2. The van der Waals surface area contributed by atoms with Gasteiger partial charge < -0.3 is 19.6 Å². The summed E-state index contributed by atoms with van der Waals surface area (Å²) in [5, 5.41) is 19.1. The number of hydrogen-bond donors (Lipinski definition) is 0. The standard InChI is InChI=1S/C25H42N6/c1-21-16-22(2)20-28(19-21)9-6-12-30-14-15-31(25(30)24(17-26)18-27)13-7-11-29-10-5-4-8-23(29)3/h21-23H,4-16,19-20H2,1-3H3. The minimum absolute atomic E-state index is 0.282. The third kappa shape index (κ3) is 6.61. The molecule has 0 aromatic carbocycles. The Morgan fingerprint density at radius 3 is 2.03 bits per heavy atom. The monoisotopic (exact) mass is 426 g/mol. The van der Waals surface area contributed by atoms with Crippen molar-refractivity contribution < 1.29 is 0 Å². The summed E-state index contributed by atoms with van der Waals surface area (Å²) < 4.78 is 0. The van der Waals surface area contributed by atoms with Crippen molar-refractivity contribution in [2.75, 3.05) is 58.9 Å². The van der Waals surface area contributed by atoms with Crippen molar-refractivity contribution in [2.24, 2.45) is 11.8 Å². The van der Waals surface area contributed by atoms with Gasteiger partial charge in [0.15, 0.2) is 5.57 Å². The molecule has 0 aliphatic carbocycles. The van der Waals surface area contributed by atoms with Crippen LogP contribution in [0, 0.1) is 34.5 Å². The normalized spacial score (nSPS) is 27.9. The van der Waals surface area contributed by atoms with Crippen LogP contribution in [0.2, 0.25) is 0 Å². The molecule has 0 aromatic rings. The first-order valence-corrected chi connectivity index (χ1v) is 12.5. The predicted molar refractivity (Wildman–Crippen MR) is 125 cm³/mol. The van der Waals surface area contributed by atoms with E-state index in [0.29, 0.717) is 6.04 Å². The van der Waals surface area contributed by atoms with Crippen molar-refractivity contribution >= 4 is 0 Å². The molecule has 3 atom stereocenters. The van der Waals surface area contributed by atoms with Gasteiger partial charge in [-0.25, -0.2) is 0 Å². The molecule has 3 heterocycles. The topological polar surface area (TPSA) is 60.5 Å². The highest BCUT2D eigenvalue weighted by Gasteiger charge is 2.29. The first kappa shape index (κ1) is 23.9. The Bertz CT molecular complexity index is 663. The molecule has 31 heavy (non-hydrogen) atoms. The maximum atomic E-state index is 9.57. The molecule has 3 aliphatic rings. The van der Waals surface area contributed by atoms with Gasteiger partial charge in [-0.05, 0) is 64.0 Å². The Morgan fingerprint density at radius 2 is 1.45 bits per heavy atom. The zero-order chi connectivity index (χ0) is 22.2. The van der Waals surface area contributed by atoms with Crippen LogP contribution in [0.25, 0.3) is 0 Å². The molecule has 3 aliphatic heterocycles. The summed E-state index contributed by atoms with van der Waals surface area (Å²) in [4.78, 5) is 9.80. The van der Waals surface area contributed by atoms with Gasteiger partial charge in [-0.15, -0.1) is 0 Å². The number of likely N-dealkylation sites (tertiary alicyclic amines) is 2. The van der Waals surface area contributed by atoms with Gasteiger partial charge in [-0.1, -0.05) is 20.3 Å². The summed E-state index contributed by atoms with van der Waals surface area (Å²) in [7, 11) is 0. The summed E-state index contributed by atoms with van der Waals surface area (Å²) in [6.07, 6.45) is 7.50. The van der Waals surface area contributed by atoms with E-state index in [1.165, 1.54) is 45.3 Å². The fraction of sp³-hybridized carbons (Fsp3) is 0.840. The van der Waals surface area contributed by atoms with E-state index in [0.717, 1.165) is 69.8 Å². The molecule has 0 N–H and O–H groups in total. The highest BCUT2D eigenvalue weighted by atomic mass is 15.4. The van der Waals surface area contributed by atoms with Gasteiger partial charge >= 0.3 is 0 Å². The zero-order valence-electron chi connectivity index (χ0n) is 20.0. The largest absolute Gasteiger partial charge is 0.355 e. The van der Waals surface area contributed by atoms with Crippen molar-refractivity contribution in [2.45, 2.75) is 65.3 Å². The van der Waals surface area contributed by atoms with Crippen LogP contribution in [0.15, 0.2) is 11.4 Å². The molecule has 6 nitrogen and oxygen atoms in total. The third-order valence-electron chi connectivity index (χ3n) is 7.35. The summed E-state index contributed by atoms with van der Waals surface area (Å²) in [6.45, 7) is 16.6. The van der Waals surface area contributed by atoms with E-state index in [-0.39, 0.29) is 5.57 Å². The Balaban J connectivity index is 1.52. The highest BCUT2D eigenvalue weighted by Crippen LogP contribution is 2.25. The number of allylic oxidation sites excluding steroid dienone is 1. The second kappa shape index (κ2) is 11.7. The Morgan fingerprint density at radius 1 is 0.839 bits per heavy atom. The molecular formula is C25H42N6. The lowest BCUT2D eigenvalue weighted by atomic mass is 9.92.